The summed E-state index contributed by atoms with van der Waals surface area (Å²) in [5.41, 5.74) is 3.30. The van der Waals surface area contributed by atoms with Crippen LogP contribution in [0, 0.1) is 0 Å². The molecule has 1 aromatic carbocycles. The molecule has 0 saturated carbocycles. The van der Waals surface area contributed by atoms with Gasteiger partial charge in [0.25, 0.3) is 0 Å². The Morgan fingerprint density at radius 3 is 2.58 bits per heavy atom. The van der Waals surface area contributed by atoms with E-state index in [4.69, 9.17) is 26.9 Å². The van der Waals surface area contributed by atoms with Crippen LogP contribution in [0.5, 0.6) is 5.75 Å². The zero-order valence-corrected chi connectivity index (χ0v) is 12.8. The molecule has 0 amide bonds. The molecule has 0 heterocycles. The van der Waals surface area contributed by atoms with Crippen molar-refractivity contribution in [3.05, 3.63) is 28.8 Å². The highest BCUT2D eigenvalue weighted by Crippen LogP contribution is 2.37. The summed E-state index contributed by atoms with van der Waals surface area (Å²) in [4.78, 5) is 0. The standard InChI is InChI=1S/C14H23ClN2O2/c1-5-14(3,19-6-2)13(17-16)11-9-10(15)7-8-12(11)18-4/h7-9,13,17H,5-6,16H2,1-4H3. The van der Waals surface area contributed by atoms with E-state index in [1.165, 1.54) is 0 Å². The molecule has 1 rings (SSSR count). The normalized spacial score (nSPS) is 15.9. The Bertz CT molecular complexity index is 414. The van der Waals surface area contributed by atoms with Crippen molar-refractivity contribution in [1.29, 1.82) is 0 Å². The van der Waals surface area contributed by atoms with Gasteiger partial charge in [-0.2, -0.15) is 0 Å². The molecule has 0 bridgehead atoms. The van der Waals surface area contributed by atoms with E-state index in [1.807, 2.05) is 26.0 Å². The Morgan fingerprint density at radius 2 is 2.11 bits per heavy atom. The van der Waals surface area contributed by atoms with E-state index in [0.29, 0.717) is 11.6 Å². The Hall–Kier alpha value is -0.810. The quantitative estimate of drug-likeness (QED) is 0.597. The third-order valence-electron chi connectivity index (χ3n) is 3.46. The lowest BCUT2D eigenvalue weighted by Gasteiger charge is -2.37. The molecule has 1 aromatic rings. The van der Waals surface area contributed by atoms with E-state index in [0.717, 1.165) is 17.7 Å². The van der Waals surface area contributed by atoms with Crippen LogP contribution in [0.1, 0.15) is 38.8 Å². The summed E-state index contributed by atoms with van der Waals surface area (Å²) < 4.78 is 11.3. The third-order valence-corrected chi connectivity index (χ3v) is 3.69. The minimum Gasteiger partial charge on any atom is -0.496 e. The Kier molecular flexibility index (Phi) is 6.07. The van der Waals surface area contributed by atoms with Crippen molar-refractivity contribution in [1.82, 2.24) is 5.43 Å². The summed E-state index contributed by atoms with van der Waals surface area (Å²) in [5, 5.41) is 0.644. The number of halogens is 1. The number of rotatable bonds is 7. The molecular formula is C14H23ClN2O2. The largest absolute Gasteiger partial charge is 0.496 e. The minimum absolute atomic E-state index is 0.203. The summed E-state index contributed by atoms with van der Waals surface area (Å²) in [6, 6.07) is 5.29. The van der Waals surface area contributed by atoms with Gasteiger partial charge in [-0.05, 0) is 38.5 Å². The Labute approximate surface area is 120 Å². The van der Waals surface area contributed by atoms with E-state index < -0.39 is 5.60 Å². The van der Waals surface area contributed by atoms with Crippen molar-refractivity contribution in [3.8, 4) is 5.75 Å². The SMILES string of the molecule is CCOC(C)(CC)C(NN)c1cc(Cl)ccc1OC. The van der Waals surface area contributed by atoms with Crippen molar-refractivity contribution in [2.75, 3.05) is 13.7 Å². The van der Waals surface area contributed by atoms with Crippen LogP contribution >= 0.6 is 11.6 Å². The second kappa shape index (κ2) is 7.10. The van der Waals surface area contributed by atoms with Crippen molar-refractivity contribution >= 4 is 11.6 Å². The molecule has 19 heavy (non-hydrogen) atoms. The number of nitrogens with one attached hydrogen (secondary N) is 1. The molecule has 3 N–H and O–H groups in total. The molecule has 0 aliphatic rings. The molecule has 4 nitrogen and oxygen atoms in total. The molecular weight excluding hydrogens is 264 g/mol. The Morgan fingerprint density at radius 1 is 1.42 bits per heavy atom. The topological polar surface area (TPSA) is 56.5 Å². The Balaban J connectivity index is 3.25. The molecule has 0 spiro atoms. The molecule has 2 atom stereocenters. The summed E-state index contributed by atoms with van der Waals surface area (Å²) >= 11 is 6.08. The molecule has 0 aliphatic heterocycles. The smallest absolute Gasteiger partial charge is 0.123 e. The van der Waals surface area contributed by atoms with Crippen LogP contribution in [0.15, 0.2) is 18.2 Å². The van der Waals surface area contributed by atoms with Gasteiger partial charge in [0.15, 0.2) is 0 Å². The molecule has 108 valence electrons. The van der Waals surface area contributed by atoms with Gasteiger partial charge >= 0.3 is 0 Å². The maximum absolute atomic E-state index is 6.08. The second-order valence-electron chi connectivity index (χ2n) is 4.59. The van der Waals surface area contributed by atoms with Crippen molar-refractivity contribution < 1.29 is 9.47 Å². The van der Waals surface area contributed by atoms with Crippen molar-refractivity contribution in [2.45, 2.75) is 38.8 Å². The summed E-state index contributed by atoms with van der Waals surface area (Å²) in [7, 11) is 1.63. The van der Waals surface area contributed by atoms with Gasteiger partial charge in [0.05, 0.1) is 18.8 Å². The summed E-state index contributed by atoms with van der Waals surface area (Å²) in [6.45, 7) is 6.68. The van der Waals surface area contributed by atoms with Crippen LogP contribution in [0.3, 0.4) is 0 Å². The van der Waals surface area contributed by atoms with E-state index >= 15 is 0 Å². The molecule has 5 heteroatoms. The van der Waals surface area contributed by atoms with Crippen LogP contribution < -0.4 is 16.0 Å². The van der Waals surface area contributed by atoms with Crippen LogP contribution in [0.2, 0.25) is 5.02 Å². The molecule has 0 fully saturated rings. The van der Waals surface area contributed by atoms with Crippen LogP contribution in [0.4, 0.5) is 0 Å². The van der Waals surface area contributed by atoms with Crippen LogP contribution in [0.25, 0.3) is 0 Å². The zero-order valence-electron chi connectivity index (χ0n) is 12.0. The highest BCUT2D eigenvalue weighted by Gasteiger charge is 2.35. The summed E-state index contributed by atoms with van der Waals surface area (Å²) in [5.74, 6) is 6.48. The fourth-order valence-corrected chi connectivity index (χ4v) is 2.43. The number of hydrazine groups is 1. The monoisotopic (exact) mass is 286 g/mol. The van der Waals surface area contributed by atoms with Gasteiger partial charge in [-0.3, -0.25) is 5.84 Å². The second-order valence-corrected chi connectivity index (χ2v) is 5.02. The maximum atomic E-state index is 6.08. The lowest BCUT2D eigenvalue weighted by molar-refractivity contribution is -0.0568. The van der Waals surface area contributed by atoms with E-state index in [9.17, 15) is 0 Å². The first-order chi connectivity index (χ1) is 9.02. The molecule has 0 aliphatic carbocycles. The zero-order chi connectivity index (χ0) is 14.5. The highest BCUT2D eigenvalue weighted by atomic mass is 35.5. The van der Waals surface area contributed by atoms with Gasteiger partial charge in [0, 0.05) is 17.2 Å². The first kappa shape index (κ1) is 16.2. The number of methoxy groups -OCH3 is 1. The number of benzene rings is 1. The van der Waals surface area contributed by atoms with Gasteiger partial charge in [-0.15, -0.1) is 0 Å². The van der Waals surface area contributed by atoms with Crippen LogP contribution in [-0.2, 0) is 4.74 Å². The van der Waals surface area contributed by atoms with Crippen molar-refractivity contribution in [3.63, 3.8) is 0 Å². The number of nitrogens with two attached hydrogens (primary N) is 1. The third kappa shape index (κ3) is 3.60. The minimum atomic E-state index is -0.429. The van der Waals surface area contributed by atoms with E-state index in [2.05, 4.69) is 12.3 Å². The maximum Gasteiger partial charge on any atom is 0.123 e. The fourth-order valence-electron chi connectivity index (χ4n) is 2.25. The van der Waals surface area contributed by atoms with Crippen LogP contribution in [-0.4, -0.2) is 19.3 Å². The predicted molar refractivity (Wildman–Crippen MR) is 78.4 cm³/mol. The first-order valence-corrected chi connectivity index (χ1v) is 6.83. The van der Waals surface area contributed by atoms with E-state index in [1.54, 1.807) is 13.2 Å². The van der Waals surface area contributed by atoms with Gasteiger partial charge in [0.1, 0.15) is 5.75 Å². The van der Waals surface area contributed by atoms with Gasteiger partial charge < -0.3 is 9.47 Å². The van der Waals surface area contributed by atoms with E-state index in [-0.39, 0.29) is 6.04 Å². The molecule has 0 aromatic heterocycles. The lowest BCUT2D eigenvalue weighted by Crippen LogP contribution is -2.46. The predicted octanol–water partition coefficient (Wildman–Crippen LogP) is 3.06. The number of hydrogen-bond acceptors (Lipinski definition) is 4. The van der Waals surface area contributed by atoms with Gasteiger partial charge in [0.2, 0.25) is 0 Å². The first-order valence-electron chi connectivity index (χ1n) is 6.45. The fraction of sp³-hybridized carbons (Fsp3) is 0.571. The molecule has 0 radical (unpaired) electrons. The lowest BCUT2D eigenvalue weighted by atomic mass is 9.87. The van der Waals surface area contributed by atoms with Crippen molar-refractivity contribution in [2.24, 2.45) is 5.84 Å². The van der Waals surface area contributed by atoms with Gasteiger partial charge in [-0.1, -0.05) is 18.5 Å². The van der Waals surface area contributed by atoms with Gasteiger partial charge in [-0.25, -0.2) is 5.43 Å². The molecule has 2 unspecified atom stereocenters. The molecule has 0 saturated heterocycles. The highest BCUT2D eigenvalue weighted by molar-refractivity contribution is 6.30. The summed E-state index contributed by atoms with van der Waals surface area (Å²) in [6.07, 6.45) is 0.811. The number of hydrogen-bond donors (Lipinski definition) is 2. The number of ether oxygens (including phenoxy) is 2. The average Bonchev–Trinajstić information content (AvgIpc) is 2.40. The average molecular weight is 287 g/mol.